The van der Waals surface area contributed by atoms with E-state index >= 15 is 0 Å². The third-order valence-electron chi connectivity index (χ3n) is 1.87. The summed E-state index contributed by atoms with van der Waals surface area (Å²) in [6.45, 7) is 0.156. The Morgan fingerprint density at radius 2 is 1.94 bits per heavy atom. The molecule has 0 aromatic carbocycles. The van der Waals surface area contributed by atoms with E-state index in [0.717, 1.165) is 0 Å². The second-order valence-electron chi connectivity index (χ2n) is 3.53. The van der Waals surface area contributed by atoms with Crippen LogP contribution in [0.2, 0.25) is 0 Å². The van der Waals surface area contributed by atoms with Gasteiger partial charge in [-0.3, -0.25) is 14.4 Å². The first-order chi connectivity index (χ1) is 7.34. The molecule has 4 N–H and O–H groups in total. The molecular formula is C9H17N3O4. The van der Waals surface area contributed by atoms with Crippen LogP contribution in [0.4, 0.5) is 0 Å². The Kier molecular flexibility index (Phi) is 6.09. The zero-order valence-electron chi connectivity index (χ0n) is 9.40. The van der Waals surface area contributed by atoms with Crippen LogP contribution in [0.15, 0.2) is 0 Å². The van der Waals surface area contributed by atoms with Crippen molar-refractivity contribution in [2.24, 2.45) is 5.73 Å². The highest BCUT2D eigenvalue weighted by atomic mass is 16.4. The highest BCUT2D eigenvalue weighted by Gasteiger charge is 2.16. The molecule has 0 aliphatic heterocycles. The number of nitrogens with one attached hydrogen (secondary N) is 1. The third-order valence-corrected chi connectivity index (χ3v) is 1.87. The Morgan fingerprint density at radius 1 is 1.38 bits per heavy atom. The topological polar surface area (TPSA) is 113 Å². The summed E-state index contributed by atoms with van der Waals surface area (Å²) in [5, 5.41) is 10.8. The molecule has 0 bridgehead atoms. The van der Waals surface area contributed by atoms with Crippen LogP contribution in [0.5, 0.6) is 0 Å². The first kappa shape index (κ1) is 14.4. The lowest BCUT2D eigenvalue weighted by atomic mass is 10.2. The van der Waals surface area contributed by atoms with Crippen molar-refractivity contribution in [3.63, 3.8) is 0 Å². The van der Waals surface area contributed by atoms with Crippen LogP contribution in [-0.4, -0.2) is 54.5 Å². The van der Waals surface area contributed by atoms with E-state index in [4.69, 9.17) is 10.8 Å². The Labute approximate surface area is 93.6 Å². The molecule has 1 atom stereocenters. The summed E-state index contributed by atoms with van der Waals surface area (Å²) in [5.74, 6) is -1.81. The van der Waals surface area contributed by atoms with Gasteiger partial charge in [0.15, 0.2) is 0 Å². The van der Waals surface area contributed by atoms with Crippen LogP contribution >= 0.6 is 0 Å². The van der Waals surface area contributed by atoms with Crippen molar-refractivity contribution >= 4 is 17.8 Å². The molecule has 0 aliphatic carbocycles. The predicted octanol–water partition coefficient (Wildman–Crippen LogP) is -1.62. The average Bonchev–Trinajstić information content (AvgIpc) is 2.15. The van der Waals surface area contributed by atoms with Crippen LogP contribution in [0, 0.1) is 0 Å². The van der Waals surface area contributed by atoms with Crippen molar-refractivity contribution in [3.8, 4) is 0 Å². The second kappa shape index (κ2) is 6.78. The Hall–Kier alpha value is -1.63. The highest BCUT2D eigenvalue weighted by molar-refractivity contribution is 5.86. The molecule has 0 radical (unpaired) electrons. The van der Waals surface area contributed by atoms with E-state index in [1.165, 1.54) is 4.90 Å². The number of rotatable bonds is 6. The molecule has 0 saturated heterocycles. The first-order valence-electron chi connectivity index (χ1n) is 4.79. The van der Waals surface area contributed by atoms with Crippen molar-refractivity contribution in [2.75, 3.05) is 20.6 Å². The summed E-state index contributed by atoms with van der Waals surface area (Å²) >= 11 is 0. The fourth-order valence-electron chi connectivity index (χ4n) is 0.928. The fourth-order valence-corrected chi connectivity index (χ4v) is 0.928. The normalized spacial score (nSPS) is 11.7. The standard InChI is InChI=1S/C9H17N3O4/c1-12(2)7(13)3-4-11-9(16)6(10)5-8(14)15/h6H,3-5,10H2,1-2H3,(H,11,16)(H,14,15). The number of carbonyl (C=O) groups is 3. The van der Waals surface area contributed by atoms with Gasteiger partial charge in [-0.2, -0.15) is 0 Å². The highest BCUT2D eigenvalue weighted by Crippen LogP contribution is 1.90. The van der Waals surface area contributed by atoms with E-state index in [2.05, 4.69) is 5.32 Å². The van der Waals surface area contributed by atoms with E-state index in [9.17, 15) is 14.4 Å². The molecule has 0 aliphatic rings. The largest absolute Gasteiger partial charge is 0.481 e. The summed E-state index contributed by atoms with van der Waals surface area (Å²) in [6, 6.07) is -1.08. The van der Waals surface area contributed by atoms with Crippen LogP contribution in [0.1, 0.15) is 12.8 Å². The number of nitrogens with two attached hydrogens (primary N) is 1. The van der Waals surface area contributed by atoms with Gasteiger partial charge in [0, 0.05) is 27.1 Å². The van der Waals surface area contributed by atoms with Gasteiger partial charge in [0.1, 0.15) is 0 Å². The predicted molar refractivity (Wildman–Crippen MR) is 56.5 cm³/mol. The molecular weight excluding hydrogens is 214 g/mol. The number of carboxylic acids is 1. The van der Waals surface area contributed by atoms with E-state index in [1.54, 1.807) is 14.1 Å². The Balaban J connectivity index is 3.81. The van der Waals surface area contributed by atoms with Gasteiger partial charge in [-0.05, 0) is 0 Å². The van der Waals surface area contributed by atoms with Crippen molar-refractivity contribution in [2.45, 2.75) is 18.9 Å². The molecule has 16 heavy (non-hydrogen) atoms. The molecule has 1 unspecified atom stereocenters. The maximum atomic E-state index is 11.2. The van der Waals surface area contributed by atoms with Crippen LogP contribution in [0.3, 0.4) is 0 Å². The van der Waals surface area contributed by atoms with E-state index in [-0.39, 0.29) is 18.9 Å². The molecule has 0 aromatic rings. The Morgan fingerprint density at radius 3 is 2.38 bits per heavy atom. The summed E-state index contributed by atoms with van der Waals surface area (Å²) < 4.78 is 0. The van der Waals surface area contributed by atoms with Crippen molar-refractivity contribution in [1.82, 2.24) is 10.2 Å². The van der Waals surface area contributed by atoms with Crippen LogP contribution in [-0.2, 0) is 14.4 Å². The summed E-state index contributed by atoms with van der Waals surface area (Å²) in [4.78, 5) is 34.0. The second-order valence-corrected chi connectivity index (χ2v) is 3.53. The van der Waals surface area contributed by atoms with Crippen molar-refractivity contribution < 1.29 is 19.5 Å². The Bertz CT molecular complexity index is 278. The SMILES string of the molecule is CN(C)C(=O)CCNC(=O)C(N)CC(=O)O. The lowest BCUT2D eigenvalue weighted by Gasteiger charge is -2.12. The lowest BCUT2D eigenvalue weighted by Crippen LogP contribution is -2.43. The summed E-state index contributed by atoms with van der Waals surface area (Å²) in [6.07, 6.45) is -0.258. The smallest absolute Gasteiger partial charge is 0.305 e. The number of carbonyl (C=O) groups excluding carboxylic acids is 2. The molecule has 92 valence electrons. The van der Waals surface area contributed by atoms with Gasteiger partial charge in [-0.25, -0.2) is 0 Å². The summed E-state index contributed by atoms with van der Waals surface area (Å²) in [7, 11) is 3.22. The minimum Gasteiger partial charge on any atom is -0.481 e. The van der Waals surface area contributed by atoms with E-state index in [0.29, 0.717) is 0 Å². The molecule has 0 fully saturated rings. The van der Waals surface area contributed by atoms with Gasteiger partial charge in [-0.15, -0.1) is 0 Å². The zero-order chi connectivity index (χ0) is 12.7. The molecule has 0 spiro atoms. The average molecular weight is 231 g/mol. The van der Waals surface area contributed by atoms with Gasteiger partial charge in [0.05, 0.1) is 12.5 Å². The van der Waals surface area contributed by atoms with Gasteiger partial charge in [0.25, 0.3) is 0 Å². The minimum atomic E-state index is -1.13. The molecule has 2 amide bonds. The fraction of sp³-hybridized carbons (Fsp3) is 0.667. The van der Waals surface area contributed by atoms with Crippen LogP contribution in [0.25, 0.3) is 0 Å². The third kappa shape index (κ3) is 5.97. The minimum absolute atomic E-state index is 0.118. The lowest BCUT2D eigenvalue weighted by molar-refractivity contribution is -0.139. The van der Waals surface area contributed by atoms with Gasteiger partial charge in [0.2, 0.25) is 11.8 Å². The maximum absolute atomic E-state index is 11.2. The quantitative estimate of drug-likeness (QED) is 0.508. The maximum Gasteiger partial charge on any atom is 0.305 e. The number of hydrogen-bond donors (Lipinski definition) is 3. The van der Waals surface area contributed by atoms with Gasteiger partial charge < -0.3 is 21.1 Å². The van der Waals surface area contributed by atoms with Gasteiger partial charge >= 0.3 is 5.97 Å². The van der Waals surface area contributed by atoms with E-state index < -0.39 is 24.3 Å². The number of aliphatic carboxylic acids is 1. The molecule has 0 rings (SSSR count). The van der Waals surface area contributed by atoms with Crippen LogP contribution < -0.4 is 11.1 Å². The number of carboxylic acid groups (broad SMARTS) is 1. The molecule has 7 nitrogen and oxygen atoms in total. The van der Waals surface area contributed by atoms with Crippen molar-refractivity contribution in [3.05, 3.63) is 0 Å². The zero-order valence-corrected chi connectivity index (χ0v) is 9.40. The van der Waals surface area contributed by atoms with Crippen molar-refractivity contribution in [1.29, 1.82) is 0 Å². The summed E-state index contributed by atoms with van der Waals surface area (Å²) in [5.41, 5.74) is 5.31. The number of nitrogens with zero attached hydrogens (tertiary/aromatic N) is 1. The first-order valence-corrected chi connectivity index (χ1v) is 4.79. The monoisotopic (exact) mass is 231 g/mol. The molecule has 0 heterocycles. The van der Waals surface area contributed by atoms with Gasteiger partial charge in [-0.1, -0.05) is 0 Å². The number of hydrogen-bond acceptors (Lipinski definition) is 4. The molecule has 0 aromatic heterocycles. The number of amides is 2. The molecule has 0 saturated carbocycles. The molecule has 7 heteroatoms. The van der Waals surface area contributed by atoms with E-state index in [1.807, 2.05) is 0 Å².